The molecule has 2 heterocycles. The van der Waals surface area contributed by atoms with Crippen molar-refractivity contribution in [2.75, 3.05) is 67.8 Å². The molecule has 3 N–H and O–H groups in total. The predicted octanol–water partition coefficient (Wildman–Crippen LogP) is 10.8. The van der Waals surface area contributed by atoms with Crippen molar-refractivity contribution in [3.8, 4) is 34.5 Å². The second kappa shape index (κ2) is 27.9. The van der Waals surface area contributed by atoms with Crippen LogP contribution in [0.3, 0.4) is 0 Å². The Morgan fingerprint density at radius 1 is 0.519 bits per heavy atom. The number of methoxy groups -OCH3 is 4. The number of likely N-dealkylation sites (tertiary alicyclic amines) is 2. The zero-order chi connectivity index (χ0) is 56.0. The first-order valence-corrected chi connectivity index (χ1v) is 29.5. The van der Waals surface area contributed by atoms with Crippen LogP contribution in [-0.2, 0) is 19.1 Å². The molecule has 2 aliphatic heterocycles. The van der Waals surface area contributed by atoms with Crippen LogP contribution in [0.1, 0.15) is 100 Å². The number of para-hydroxylation sites is 2. The Hall–Kier alpha value is -4.71. The highest BCUT2D eigenvalue weighted by atomic mass is 35.7. The maximum absolute atomic E-state index is 13.0. The first kappa shape index (κ1) is 61.5. The van der Waals surface area contributed by atoms with Crippen molar-refractivity contribution in [1.82, 2.24) is 14.5 Å². The number of alkyl halides is 6. The van der Waals surface area contributed by atoms with Crippen molar-refractivity contribution >= 4 is 29.8 Å². The van der Waals surface area contributed by atoms with Gasteiger partial charge < -0.3 is 44.0 Å². The number of hydrogen-bond donors (Lipinski definition) is 2. The smallest absolute Gasteiger partial charge is 0.422 e. The molecule has 0 radical (unpaired) electrons. The van der Waals surface area contributed by atoms with Crippen molar-refractivity contribution < 1.29 is 71.6 Å². The topological polar surface area (TPSA) is 168 Å². The summed E-state index contributed by atoms with van der Waals surface area (Å²) < 4.78 is 157. The molecule has 2 saturated heterocycles. The van der Waals surface area contributed by atoms with Gasteiger partial charge in [-0.1, -0.05) is 36.4 Å². The fourth-order valence-corrected chi connectivity index (χ4v) is 12.7. The van der Waals surface area contributed by atoms with Crippen molar-refractivity contribution in [3.63, 3.8) is 0 Å². The predicted molar refractivity (Wildman–Crippen MR) is 282 cm³/mol. The second-order valence-electron chi connectivity index (χ2n) is 19.7. The highest BCUT2D eigenvalue weighted by Crippen LogP contribution is 2.39. The van der Waals surface area contributed by atoms with Gasteiger partial charge >= 0.3 is 12.4 Å². The zero-order valence-electron chi connectivity index (χ0n) is 43.8. The number of hydrogen-bond acceptors (Lipinski definition) is 13. The van der Waals surface area contributed by atoms with E-state index in [2.05, 4.69) is 14.5 Å². The van der Waals surface area contributed by atoms with Gasteiger partial charge in [-0.3, -0.25) is 0 Å². The third-order valence-electron chi connectivity index (χ3n) is 14.7. The molecule has 428 valence electrons. The monoisotopic (exact) mass is 1150 g/mol. The van der Waals surface area contributed by atoms with Gasteiger partial charge in [-0.25, -0.2) is 21.6 Å². The van der Waals surface area contributed by atoms with Gasteiger partial charge in [0.2, 0.25) is 10.0 Å². The molecule has 0 atom stereocenters. The molecule has 2 saturated carbocycles. The molecule has 4 aromatic rings. The van der Waals surface area contributed by atoms with Crippen molar-refractivity contribution in [1.29, 1.82) is 0 Å². The highest BCUT2D eigenvalue weighted by Gasteiger charge is 2.35. The Bertz CT molecular complexity index is 2710. The molecule has 2 aliphatic carbocycles. The van der Waals surface area contributed by atoms with E-state index in [-0.39, 0.29) is 27.7 Å². The van der Waals surface area contributed by atoms with E-state index in [0.717, 1.165) is 114 Å². The summed E-state index contributed by atoms with van der Waals surface area (Å²) in [5.74, 6) is 2.72. The molecular formula is C54H71ClF6N4O10S2. The fraction of sp³-hybridized carbons (Fsp3) is 0.556. The van der Waals surface area contributed by atoms with Crippen LogP contribution in [-0.4, -0.2) is 131 Å². The van der Waals surface area contributed by atoms with E-state index in [0.29, 0.717) is 52.6 Å². The van der Waals surface area contributed by atoms with Crippen LogP contribution in [0.4, 0.5) is 26.3 Å². The summed E-state index contributed by atoms with van der Waals surface area (Å²) in [4.78, 5) is 5.10. The molecule has 0 spiro atoms. The molecule has 4 fully saturated rings. The number of ether oxygens (including phenoxy) is 6. The third-order valence-corrected chi connectivity index (χ3v) is 17.5. The quantitative estimate of drug-likeness (QED) is 0.0804. The molecule has 77 heavy (non-hydrogen) atoms. The van der Waals surface area contributed by atoms with Crippen molar-refractivity contribution in [2.45, 2.75) is 135 Å². The maximum atomic E-state index is 13.0. The van der Waals surface area contributed by atoms with Gasteiger partial charge in [0.1, 0.15) is 11.5 Å². The lowest BCUT2D eigenvalue weighted by molar-refractivity contribution is -0.154. The molecular weight excluding hydrogens is 1080 g/mol. The molecule has 14 nitrogen and oxygen atoms in total. The molecule has 4 aromatic carbocycles. The lowest BCUT2D eigenvalue weighted by Gasteiger charge is -2.41. The molecule has 4 aliphatic rings. The minimum absolute atomic E-state index is 0.0168. The number of nitrogens with two attached hydrogens (primary N) is 1. The Labute approximate surface area is 453 Å². The van der Waals surface area contributed by atoms with Gasteiger partial charge in [-0.05, 0) is 163 Å². The molecule has 0 aromatic heterocycles. The summed E-state index contributed by atoms with van der Waals surface area (Å²) in [6.45, 7) is 1.18. The van der Waals surface area contributed by atoms with Gasteiger partial charge in [0.05, 0.1) is 38.2 Å². The Balaban J connectivity index is 0.000000210. The van der Waals surface area contributed by atoms with E-state index < -0.39 is 44.6 Å². The third kappa shape index (κ3) is 18.4. The SMILES string of the molecule is COc1ccc(S(=O)(=O)Cl)cc1OC.COc1ccc(S(=O)(=O)NC2CCC(N3CCC(c4ccccc4OCC(F)(F)F)CC3)CC2)cc1OC.NC1CCC(N2CCC(c3ccccc3OCC(F)(F)F)CC2)CC1. The second-order valence-corrected chi connectivity index (χ2v) is 24.0. The highest BCUT2D eigenvalue weighted by molar-refractivity contribution is 8.13. The number of nitrogens with one attached hydrogen (secondary N) is 1. The number of nitrogens with zero attached hydrogens (tertiary/aromatic N) is 2. The lowest BCUT2D eigenvalue weighted by Crippen LogP contribution is -2.46. The van der Waals surface area contributed by atoms with Crippen LogP contribution >= 0.6 is 10.7 Å². The van der Waals surface area contributed by atoms with Crippen LogP contribution < -0.4 is 38.9 Å². The summed E-state index contributed by atoms with van der Waals surface area (Å²) in [6.07, 6.45) is 2.72. The summed E-state index contributed by atoms with van der Waals surface area (Å²) in [5, 5.41) is 0. The Morgan fingerprint density at radius 3 is 1.29 bits per heavy atom. The van der Waals surface area contributed by atoms with Crippen LogP contribution in [0.15, 0.2) is 94.7 Å². The summed E-state index contributed by atoms with van der Waals surface area (Å²) >= 11 is 0. The average molecular weight is 1150 g/mol. The van der Waals surface area contributed by atoms with E-state index in [1.165, 1.54) is 58.8 Å². The molecule has 8 rings (SSSR count). The minimum Gasteiger partial charge on any atom is -0.493 e. The van der Waals surface area contributed by atoms with Crippen molar-refractivity contribution in [2.24, 2.45) is 5.73 Å². The lowest BCUT2D eigenvalue weighted by atomic mass is 9.85. The van der Waals surface area contributed by atoms with Gasteiger partial charge in [-0.2, -0.15) is 26.3 Å². The summed E-state index contributed by atoms with van der Waals surface area (Å²) in [6, 6.07) is 24.1. The number of piperidine rings is 2. The number of sulfonamides is 1. The molecule has 0 amide bonds. The zero-order valence-corrected chi connectivity index (χ0v) is 46.2. The van der Waals surface area contributed by atoms with Gasteiger partial charge in [0, 0.05) is 47.0 Å². The number of benzene rings is 4. The van der Waals surface area contributed by atoms with Gasteiger partial charge in [0.25, 0.3) is 9.05 Å². The maximum Gasteiger partial charge on any atom is 0.422 e. The summed E-state index contributed by atoms with van der Waals surface area (Å²) in [5.41, 5.74) is 7.74. The number of rotatable bonds is 16. The van der Waals surface area contributed by atoms with Crippen molar-refractivity contribution in [3.05, 3.63) is 96.1 Å². The van der Waals surface area contributed by atoms with E-state index in [1.807, 2.05) is 24.3 Å². The molecule has 0 unspecified atom stereocenters. The standard InChI is InChI=1S/C27H35F3N2O5S.C19H27F3N2O.C8H9ClO4S/c1-35-25-12-11-22(17-26(25)36-2)38(33,34)31-20-7-9-21(10-8-20)32-15-13-19(14-16-32)23-5-3-4-6-24(23)37-18-27(28,29)30;20-19(21,22)13-25-18-4-2-1-3-17(18)14-9-11-24(12-10-14)16-7-5-15(23)6-8-16;1-12-7-4-3-6(14(9,10)11)5-8(7)13-2/h3-6,11-12,17,19-21,31H,7-10,13-16,18H2,1-2H3;1-4,14-16H,5-13,23H2;3-5H,1-2H3. The molecule has 23 heteroatoms. The van der Waals surface area contributed by atoms with E-state index >= 15 is 0 Å². The van der Waals surface area contributed by atoms with Crippen LogP contribution in [0.25, 0.3) is 0 Å². The first-order valence-electron chi connectivity index (χ1n) is 25.7. The molecule has 0 bridgehead atoms. The Kier molecular flexibility index (Phi) is 22.3. The fourth-order valence-electron chi connectivity index (χ4n) is 10.6. The average Bonchev–Trinajstić information content (AvgIpc) is 3.41. The van der Waals surface area contributed by atoms with Crippen LogP contribution in [0.2, 0.25) is 0 Å². The van der Waals surface area contributed by atoms with E-state index in [4.69, 9.17) is 44.8 Å². The summed E-state index contributed by atoms with van der Waals surface area (Å²) in [7, 11) is 3.58. The van der Waals surface area contributed by atoms with E-state index in [9.17, 15) is 43.2 Å². The van der Waals surface area contributed by atoms with Gasteiger partial charge in [-0.15, -0.1) is 0 Å². The van der Waals surface area contributed by atoms with E-state index in [1.54, 1.807) is 30.3 Å². The normalized spacial score (nSPS) is 21.4. The minimum atomic E-state index is -4.37. The van der Waals surface area contributed by atoms with Gasteiger partial charge in [0.15, 0.2) is 36.2 Å². The largest absolute Gasteiger partial charge is 0.493 e. The first-order chi connectivity index (χ1) is 36.5. The van der Waals surface area contributed by atoms with Crippen LogP contribution in [0.5, 0.6) is 34.5 Å². The Morgan fingerprint density at radius 2 is 0.896 bits per heavy atom. The number of halogens is 7. The van der Waals surface area contributed by atoms with Crippen LogP contribution in [0, 0.1) is 0 Å².